The van der Waals surface area contributed by atoms with Gasteiger partial charge in [0.15, 0.2) is 0 Å². The number of aromatic nitrogens is 8. The molecule has 0 saturated heterocycles. The van der Waals surface area contributed by atoms with Gasteiger partial charge in [0.05, 0.1) is 34.2 Å². The van der Waals surface area contributed by atoms with Crippen molar-refractivity contribution < 1.29 is 0 Å². The summed E-state index contributed by atoms with van der Waals surface area (Å²) in [6.07, 6.45) is 11.3. The van der Waals surface area contributed by atoms with E-state index in [-0.39, 0.29) is 0 Å². The smallest absolute Gasteiger partial charge is 0.130 e. The van der Waals surface area contributed by atoms with Gasteiger partial charge in [0.2, 0.25) is 0 Å². The fourth-order valence-corrected chi connectivity index (χ4v) is 3.80. The predicted octanol–water partition coefficient (Wildman–Crippen LogP) is 10.9. The molecule has 48 heavy (non-hydrogen) atoms. The Morgan fingerprint density at radius 2 is 0.562 bits per heavy atom. The Kier molecular flexibility index (Phi) is 18.8. The molecule has 0 N–H and O–H groups in total. The van der Waals surface area contributed by atoms with Crippen LogP contribution in [0.3, 0.4) is 0 Å². The molecule has 0 amide bonds. The lowest BCUT2D eigenvalue weighted by atomic mass is 10.1. The average Bonchev–Trinajstić information content (AvgIpc) is 3.05. The minimum atomic E-state index is 0.422. The van der Waals surface area contributed by atoms with Crippen LogP contribution in [-0.2, 0) is 0 Å². The second-order valence-corrected chi connectivity index (χ2v) is 14.7. The van der Waals surface area contributed by atoms with Gasteiger partial charge < -0.3 is 0 Å². The highest BCUT2D eigenvalue weighted by Gasteiger charge is 2.06. The van der Waals surface area contributed by atoms with Gasteiger partial charge in [0, 0.05) is 43.1 Å². The quantitative estimate of drug-likeness (QED) is 0.184. The zero-order valence-corrected chi connectivity index (χ0v) is 32.8. The summed E-state index contributed by atoms with van der Waals surface area (Å²) in [7, 11) is 0. The van der Waals surface area contributed by atoms with E-state index in [4.69, 9.17) is 0 Å². The van der Waals surface area contributed by atoms with Crippen LogP contribution in [0.25, 0.3) is 0 Å². The molecule has 0 unspecified atom stereocenters. The lowest BCUT2D eigenvalue weighted by molar-refractivity contribution is 0.733. The number of hydrogen-bond acceptors (Lipinski definition) is 8. The van der Waals surface area contributed by atoms with Crippen molar-refractivity contribution in [3.8, 4) is 0 Å². The third-order valence-corrected chi connectivity index (χ3v) is 7.51. The summed E-state index contributed by atoms with van der Waals surface area (Å²) in [6.45, 7) is 34.0. The summed E-state index contributed by atoms with van der Waals surface area (Å²) in [6, 6.07) is 4.12. The number of hydrogen-bond donors (Lipinski definition) is 0. The summed E-state index contributed by atoms with van der Waals surface area (Å²) in [5.74, 6) is 4.70. The lowest BCUT2D eigenvalue weighted by Crippen LogP contribution is -1.99. The summed E-state index contributed by atoms with van der Waals surface area (Å²) in [5.41, 5.74) is 7.62. The van der Waals surface area contributed by atoms with Gasteiger partial charge in [-0.15, -0.1) is 0 Å². The molecule has 0 aliphatic heterocycles. The van der Waals surface area contributed by atoms with Gasteiger partial charge in [-0.25, -0.2) is 9.97 Å². The van der Waals surface area contributed by atoms with Crippen LogP contribution in [0.2, 0.25) is 0 Å². The first-order valence-corrected chi connectivity index (χ1v) is 17.7. The van der Waals surface area contributed by atoms with Crippen molar-refractivity contribution in [3.05, 3.63) is 94.9 Å². The van der Waals surface area contributed by atoms with E-state index in [1.165, 1.54) is 5.56 Å². The first-order chi connectivity index (χ1) is 22.4. The van der Waals surface area contributed by atoms with Crippen molar-refractivity contribution >= 4 is 0 Å². The van der Waals surface area contributed by atoms with Gasteiger partial charge in [-0.1, -0.05) is 111 Å². The van der Waals surface area contributed by atoms with E-state index in [0.29, 0.717) is 47.3 Å². The van der Waals surface area contributed by atoms with Crippen molar-refractivity contribution in [2.24, 2.45) is 0 Å². The maximum atomic E-state index is 4.34. The molecule has 4 aromatic heterocycles. The van der Waals surface area contributed by atoms with Crippen molar-refractivity contribution in [2.45, 2.75) is 158 Å². The van der Waals surface area contributed by atoms with Gasteiger partial charge in [-0.3, -0.25) is 19.9 Å². The molecule has 0 radical (unpaired) electrons. The van der Waals surface area contributed by atoms with Crippen molar-refractivity contribution in [1.82, 2.24) is 40.1 Å². The molecule has 4 aromatic rings. The van der Waals surface area contributed by atoms with E-state index in [9.17, 15) is 0 Å². The van der Waals surface area contributed by atoms with Crippen molar-refractivity contribution in [1.29, 1.82) is 0 Å². The minimum Gasteiger partial charge on any atom is -0.258 e. The van der Waals surface area contributed by atoms with Gasteiger partial charge in [-0.2, -0.15) is 10.2 Å². The molecule has 0 fully saturated rings. The van der Waals surface area contributed by atoms with Crippen LogP contribution in [0.1, 0.15) is 204 Å². The van der Waals surface area contributed by atoms with Gasteiger partial charge >= 0.3 is 0 Å². The van der Waals surface area contributed by atoms with Crippen molar-refractivity contribution in [3.63, 3.8) is 0 Å². The topological polar surface area (TPSA) is 103 Å². The molecule has 4 heterocycles. The van der Waals surface area contributed by atoms with Gasteiger partial charge in [0.25, 0.3) is 0 Å². The molecule has 4 rings (SSSR count). The van der Waals surface area contributed by atoms with E-state index in [1.54, 1.807) is 0 Å². The zero-order chi connectivity index (χ0) is 36.6. The Bertz CT molecular complexity index is 1060. The van der Waals surface area contributed by atoms with Crippen LogP contribution < -0.4 is 0 Å². The molecule has 0 aromatic carbocycles. The molecule has 0 bridgehead atoms. The Balaban J connectivity index is 0.000000320. The second kappa shape index (κ2) is 21.3. The highest BCUT2D eigenvalue weighted by atomic mass is 15.1. The first kappa shape index (κ1) is 42.3. The Hall–Kier alpha value is -3.68. The molecule has 8 nitrogen and oxygen atoms in total. The summed E-state index contributed by atoms with van der Waals surface area (Å²) in [4.78, 5) is 25.9. The summed E-state index contributed by atoms with van der Waals surface area (Å²) in [5, 5.41) is 8.30. The highest BCUT2D eigenvalue weighted by molar-refractivity contribution is 5.13. The van der Waals surface area contributed by atoms with E-state index < -0.39 is 0 Å². The normalized spacial score (nSPS) is 11.2. The molecule has 0 atom stereocenters. The third-order valence-electron chi connectivity index (χ3n) is 7.51. The van der Waals surface area contributed by atoms with Crippen LogP contribution in [-0.4, -0.2) is 40.1 Å². The third kappa shape index (κ3) is 15.5. The Labute approximate surface area is 292 Å². The predicted molar refractivity (Wildman–Crippen MR) is 201 cm³/mol. The maximum Gasteiger partial charge on any atom is 0.130 e. The van der Waals surface area contributed by atoms with Gasteiger partial charge in [-0.05, 0) is 59.1 Å². The van der Waals surface area contributed by atoms with Crippen LogP contribution in [0.15, 0.2) is 49.3 Å². The lowest BCUT2D eigenvalue weighted by Gasteiger charge is -2.06. The van der Waals surface area contributed by atoms with E-state index in [0.717, 1.165) is 40.0 Å². The highest BCUT2D eigenvalue weighted by Crippen LogP contribution is 2.16. The van der Waals surface area contributed by atoms with E-state index >= 15 is 0 Å². The standard InChI is InChI=1S/4C10H16N2/c2*1-7(2)9-5-12-10(6-11-9)8(3)4;1-7(2)9-5-11-10(8(3)4)12-6-9;1-7(2)9-5-6-10(8(3)4)12-11-9/h4*5-8H,1-4H3. The molecular formula is C40H64N8. The number of rotatable bonds is 8. The fourth-order valence-electron chi connectivity index (χ4n) is 3.80. The molecule has 0 aliphatic rings. The van der Waals surface area contributed by atoms with Crippen LogP contribution in [0.5, 0.6) is 0 Å². The molecule has 8 heteroatoms. The van der Waals surface area contributed by atoms with Crippen LogP contribution in [0.4, 0.5) is 0 Å². The molecule has 0 aliphatic carbocycles. The van der Waals surface area contributed by atoms with Gasteiger partial charge in [0.1, 0.15) is 5.82 Å². The van der Waals surface area contributed by atoms with Crippen LogP contribution >= 0.6 is 0 Å². The van der Waals surface area contributed by atoms with Crippen LogP contribution in [0, 0.1) is 0 Å². The van der Waals surface area contributed by atoms with Crippen molar-refractivity contribution in [2.75, 3.05) is 0 Å². The Morgan fingerprint density at radius 3 is 0.729 bits per heavy atom. The summed E-state index contributed by atoms with van der Waals surface area (Å²) >= 11 is 0. The molecule has 0 spiro atoms. The molecule has 264 valence electrons. The van der Waals surface area contributed by atoms with E-state index in [1.807, 2.05) is 37.2 Å². The SMILES string of the molecule is CC(C)c1ccc(C(C)C)nn1.CC(C)c1cnc(C(C)C)cn1.CC(C)c1cnc(C(C)C)cn1.CC(C)c1cnc(C(C)C)nc1. The summed E-state index contributed by atoms with van der Waals surface area (Å²) < 4.78 is 0. The zero-order valence-electron chi connectivity index (χ0n) is 32.8. The molecule has 0 saturated carbocycles. The first-order valence-electron chi connectivity index (χ1n) is 17.7. The van der Waals surface area contributed by atoms with E-state index in [2.05, 4.69) is 163 Å². The Morgan fingerprint density at radius 1 is 0.292 bits per heavy atom. The average molecular weight is 657 g/mol. The minimum absolute atomic E-state index is 0.422. The second-order valence-electron chi connectivity index (χ2n) is 14.7. The maximum absolute atomic E-state index is 4.34. The molecular weight excluding hydrogens is 592 g/mol. The fraction of sp³-hybridized carbons (Fsp3) is 0.600. The monoisotopic (exact) mass is 657 g/mol. The largest absolute Gasteiger partial charge is 0.258 e. The number of nitrogens with zero attached hydrogens (tertiary/aromatic N) is 8.